The lowest BCUT2D eigenvalue weighted by Crippen LogP contribution is -2.25. The third kappa shape index (κ3) is 2.38. The molecule has 0 spiro atoms. The summed E-state index contributed by atoms with van der Waals surface area (Å²) in [5.74, 6) is 0.596. The number of furan rings is 1. The summed E-state index contributed by atoms with van der Waals surface area (Å²) < 4.78 is 24.2. The van der Waals surface area contributed by atoms with E-state index in [9.17, 15) is 9.18 Å². The van der Waals surface area contributed by atoms with Crippen LogP contribution in [0.15, 0.2) is 45.5 Å². The topological polar surface area (TPSA) is 72.4 Å². The van der Waals surface area contributed by atoms with Gasteiger partial charge in [0.05, 0.1) is 6.26 Å². The largest absolute Gasteiger partial charge is 0.459 e. The fourth-order valence-corrected chi connectivity index (χ4v) is 2.90. The molecule has 1 atom stereocenters. The Balaban J connectivity index is 1.59. The van der Waals surface area contributed by atoms with Crippen LogP contribution >= 0.6 is 0 Å². The van der Waals surface area contributed by atoms with Crippen LogP contribution in [0.4, 0.5) is 10.1 Å². The Hall–Kier alpha value is -2.96. The van der Waals surface area contributed by atoms with Gasteiger partial charge >= 0.3 is 0 Å². The van der Waals surface area contributed by atoms with Crippen LogP contribution in [-0.2, 0) is 4.79 Å². The molecule has 6 nitrogen and oxygen atoms in total. The lowest BCUT2D eigenvalue weighted by atomic mass is 10.1. The van der Waals surface area contributed by atoms with Crippen LogP contribution < -0.4 is 4.90 Å². The number of hydrogen-bond acceptors (Lipinski definition) is 5. The second-order valence-corrected chi connectivity index (χ2v) is 5.72. The SMILES string of the molecule is Cc1c(F)cccc1N1CC(c2noc(-c3ccco3)n2)CC1=O. The van der Waals surface area contributed by atoms with E-state index in [0.29, 0.717) is 29.4 Å². The van der Waals surface area contributed by atoms with E-state index in [4.69, 9.17) is 8.94 Å². The molecule has 4 rings (SSSR count). The van der Waals surface area contributed by atoms with E-state index in [1.165, 1.54) is 12.3 Å². The van der Waals surface area contributed by atoms with E-state index >= 15 is 0 Å². The summed E-state index contributed by atoms with van der Waals surface area (Å²) in [6, 6.07) is 8.17. The van der Waals surface area contributed by atoms with E-state index in [2.05, 4.69) is 10.1 Å². The summed E-state index contributed by atoms with van der Waals surface area (Å²) in [5, 5.41) is 3.96. The number of aromatic nitrogens is 2. The molecular weight excluding hydrogens is 313 g/mol. The average molecular weight is 327 g/mol. The molecule has 1 amide bonds. The minimum Gasteiger partial charge on any atom is -0.459 e. The molecule has 0 bridgehead atoms. The van der Waals surface area contributed by atoms with Crippen molar-refractivity contribution in [3.63, 3.8) is 0 Å². The second-order valence-electron chi connectivity index (χ2n) is 5.72. The summed E-state index contributed by atoms with van der Waals surface area (Å²) in [6.45, 7) is 2.05. The number of rotatable bonds is 3. The van der Waals surface area contributed by atoms with Crippen LogP contribution in [-0.4, -0.2) is 22.6 Å². The average Bonchev–Trinajstić information content (AvgIpc) is 3.29. The normalized spacial score (nSPS) is 17.7. The van der Waals surface area contributed by atoms with Crippen LogP contribution in [0.2, 0.25) is 0 Å². The van der Waals surface area contributed by atoms with Gasteiger partial charge in [0.15, 0.2) is 11.6 Å². The Morgan fingerprint density at radius 3 is 2.96 bits per heavy atom. The zero-order chi connectivity index (χ0) is 16.7. The molecule has 3 heterocycles. The van der Waals surface area contributed by atoms with Crippen molar-refractivity contribution in [3.8, 4) is 11.7 Å². The van der Waals surface area contributed by atoms with Gasteiger partial charge in [-0.05, 0) is 31.2 Å². The summed E-state index contributed by atoms with van der Waals surface area (Å²) in [5.41, 5.74) is 1.04. The number of anilines is 1. The van der Waals surface area contributed by atoms with E-state index in [0.717, 1.165) is 0 Å². The number of hydrogen-bond donors (Lipinski definition) is 0. The van der Waals surface area contributed by atoms with Crippen molar-refractivity contribution in [2.45, 2.75) is 19.3 Å². The van der Waals surface area contributed by atoms with Gasteiger partial charge in [0, 0.05) is 30.1 Å². The first-order chi connectivity index (χ1) is 11.6. The third-order valence-corrected chi connectivity index (χ3v) is 4.19. The quantitative estimate of drug-likeness (QED) is 0.738. The van der Waals surface area contributed by atoms with Gasteiger partial charge in [0.2, 0.25) is 5.91 Å². The zero-order valence-electron chi connectivity index (χ0n) is 12.9. The minimum atomic E-state index is -0.330. The number of carbonyl (C=O) groups excluding carboxylic acids is 1. The van der Waals surface area contributed by atoms with Gasteiger partial charge in [-0.2, -0.15) is 4.98 Å². The molecule has 1 aliphatic rings. The second kappa shape index (κ2) is 5.59. The predicted molar refractivity (Wildman–Crippen MR) is 82.8 cm³/mol. The number of benzene rings is 1. The van der Waals surface area contributed by atoms with E-state index < -0.39 is 0 Å². The predicted octanol–water partition coefficient (Wildman–Crippen LogP) is 3.30. The summed E-state index contributed by atoms with van der Waals surface area (Å²) in [6.07, 6.45) is 1.78. The van der Waals surface area contributed by atoms with Gasteiger partial charge < -0.3 is 13.8 Å². The molecule has 2 aromatic heterocycles. The number of halogens is 1. The molecule has 0 radical (unpaired) electrons. The first-order valence-electron chi connectivity index (χ1n) is 7.56. The molecule has 24 heavy (non-hydrogen) atoms. The fraction of sp³-hybridized carbons (Fsp3) is 0.235. The molecule has 1 aliphatic heterocycles. The van der Waals surface area contributed by atoms with Gasteiger partial charge in [-0.15, -0.1) is 0 Å². The number of amides is 1. The van der Waals surface area contributed by atoms with E-state index in [1.807, 2.05) is 0 Å². The maximum atomic E-state index is 13.8. The fourth-order valence-electron chi connectivity index (χ4n) is 2.90. The summed E-state index contributed by atoms with van der Waals surface area (Å²) >= 11 is 0. The van der Waals surface area contributed by atoms with Crippen molar-refractivity contribution in [1.82, 2.24) is 10.1 Å². The minimum absolute atomic E-state index is 0.0851. The molecule has 0 aliphatic carbocycles. The Labute approximate surface area is 136 Å². The Morgan fingerprint density at radius 2 is 2.17 bits per heavy atom. The van der Waals surface area contributed by atoms with Crippen LogP contribution in [0.3, 0.4) is 0 Å². The third-order valence-electron chi connectivity index (χ3n) is 4.19. The first-order valence-corrected chi connectivity index (χ1v) is 7.56. The van der Waals surface area contributed by atoms with Gasteiger partial charge in [0.1, 0.15) is 5.82 Å². The highest BCUT2D eigenvalue weighted by molar-refractivity contribution is 5.97. The first kappa shape index (κ1) is 14.6. The van der Waals surface area contributed by atoms with Crippen molar-refractivity contribution in [1.29, 1.82) is 0 Å². The van der Waals surface area contributed by atoms with E-state index in [1.54, 1.807) is 36.1 Å². The molecule has 1 unspecified atom stereocenters. The number of carbonyl (C=O) groups is 1. The van der Waals surface area contributed by atoms with Gasteiger partial charge in [-0.25, -0.2) is 4.39 Å². The van der Waals surface area contributed by atoms with Gasteiger partial charge in [-0.3, -0.25) is 4.79 Å². The lowest BCUT2D eigenvalue weighted by molar-refractivity contribution is -0.117. The zero-order valence-corrected chi connectivity index (χ0v) is 12.9. The Bertz CT molecular complexity index is 888. The molecule has 0 saturated carbocycles. The van der Waals surface area contributed by atoms with E-state index in [-0.39, 0.29) is 30.0 Å². The molecule has 122 valence electrons. The van der Waals surface area contributed by atoms with Gasteiger partial charge in [-0.1, -0.05) is 11.2 Å². The molecule has 1 saturated heterocycles. The Kier molecular flexibility index (Phi) is 3.41. The molecule has 7 heteroatoms. The maximum Gasteiger partial charge on any atom is 0.293 e. The highest BCUT2D eigenvalue weighted by Gasteiger charge is 2.35. The van der Waals surface area contributed by atoms with Crippen molar-refractivity contribution < 1.29 is 18.1 Å². The van der Waals surface area contributed by atoms with Crippen molar-refractivity contribution in [2.75, 3.05) is 11.4 Å². The maximum absolute atomic E-state index is 13.8. The molecule has 1 aromatic carbocycles. The Morgan fingerprint density at radius 1 is 1.29 bits per heavy atom. The monoisotopic (exact) mass is 327 g/mol. The standard InChI is InChI=1S/C17H14FN3O3/c1-10-12(18)4-2-5-13(10)21-9-11(8-15(21)22)16-19-17(24-20-16)14-6-3-7-23-14/h2-7,11H,8-9H2,1H3. The smallest absolute Gasteiger partial charge is 0.293 e. The summed E-state index contributed by atoms with van der Waals surface area (Å²) in [4.78, 5) is 18.2. The van der Waals surface area contributed by atoms with Crippen LogP contribution in [0.1, 0.15) is 23.7 Å². The molecule has 3 aromatic rings. The van der Waals surface area contributed by atoms with Crippen LogP contribution in [0.25, 0.3) is 11.7 Å². The van der Waals surface area contributed by atoms with Crippen LogP contribution in [0, 0.1) is 12.7 Å². The number of nitrogens with zero attached hydrogens (tertiary/aromatic N) is 3. The highest BCUT2D eigenvalue weighted by Crippen LogP contribution is 2.33. The van der Waals surface area contributed by atoms with Crippen LogP contribution in [0.5, 0.6) is 0 Å². The van der Waals surface area contributed by atoms with Crippen molar-refractivity contribution in [3.05, 3.63) is 53.8 Å². The van der Waals surface area contributed by atoms with Gasteiger partial charge in [0.25, 0.3) is 5.89 Å². The lowest BCUT2D eigenvalue weighted by Gasteiger charge is -2.18. The molecule has 1 fully saturated rings. The highest BCUT2D eigenvalue weighted by atomic mass is 19.1. The summed E-state index contributed by atoms with van der Waals surface area (Å²) in [7, 11) is 0. The molecular formula is C17H14FN3O3. The van der Waals surface area contributed by atoms with Crippen molar-refractivity contribution >= 4 is 11.6 Å². The van der Waals surface area contributed by atoms with Crippen molar-refractivity contribution in [2.24, 2.45) is 0 Å². The molecule has 0 N–H and O–H groups in total.